The second kappa shape index (κ2) is 26.4. The predicted molar refractivity (Wildman–Crippen MR) is 259 cm³/mol. The summed E-state index contributed by atoms with van der Waals surface area (Å²) in [7, 11) is 1.84. The van der Waals surface area contributed by atoms with Crippen LogP contribution in [0.4, 0.5) is 4.79 Å². The molecule has 2 heterocycles. The van der Waals surface area contributed by atoms with Gasteiger partial charge in [0.25, 0.3) is 18.2 Å². The number of nitrogens with zero attached hydrogens (tertiary/aromatic N) is 1. The zero-order valence-electron chi connectivity index (χ0n) is 43.5. The molecule has 13 atom stereocenters. The van der Waals surface area contributed by atoms with Gasteiger partial charge < -0.3 is 43.5 Å². The number of fused-ring (bicyclic) bond motifs is 1. The molecule has 0 aromatic heterocycles. The molecule has 2 fully saturated rings. The Kier molecular flexibility index (Phi) is 22.8. The van der Waals surface area contributed by atoms with Crippen LogP contribution in [0, 0.1) is 29.6 Å². The van der Waals surface area contributed by atoms with Gasteiger partial charge in [0.05, 0.1) is 24.4 Å². The van der Waals surface area contributed by atoms with E-state index in [4.69, 9.17) is 38.6 Å². The van der Waals surface area contributed by atoms with Crippen molar-refractivity contribution < 1.29 is 66.4 Å². The molecular weight excluding hydrogens is 893 g/mol. The summed E-state index contributed by atoms with van der Waals surface area (Å²) in [5.41, 5.74) is 7.23. The Balaban J connectivity index is 2.25. The molecular formula is C51H84N2O14Si. The highest BCUT2D eigenvalue weighted by Crippen LogP contribution is 2.41. The molecule has 0 aromatic carbocycles. The maximum Gasteiger partial charge on any atom is 0.404 e. The molecule has 2 amide bonds. The maximum absolute atomic E-state index is 14.7. The zero-order valence-corrected chi connectivity index (χ0v) is 44.5. The molecule has 68 heavy (non-hydrogen) atoms. The lowest BCUT2D eigenvalue weighted by atomic mass is 9.81. The molecule has 3 rings (SSSR count). The van der Waals surface area contributed by atoms with Gasteiger partial charge >= 0.3 is 12.1 Å². The average molecular weight is 977 g/mol. The van der Waals surface area contributed by atoms with Gasteiger partial charge in [0, 0.05) is 52.0 Å². The van der Waals surface area contributed by atoms with Crippen molar-refractivity contribution in [3.63, 3.8) is 0 Å². The number of amides is 2. The van der Waals surface area contributed by atoms with Crippen molar-refractivity contribution in [2.75, 3.05) is 27.9 Å². The van der Waals surface area contributed by atoms with Crippen LogP contribution in [0.1, 0.15) is 133 Å². The number of piperidine rings is 1. The second-order valence-electron chi connectivity index (χ2n) is 21.2. The number of esters is 1. The molecule has 2 aliphatic heterocycles. The van der Waals surface area contributed by atoms with Crippen molar-refractivity contribution in [1.29, 1.82) is 0 Å². The molecule has 1 saturated carbocycles. The normalized spacial score (nSPS) is 34.0. The third-order valence-corrected chi connectivity index (χ3v) is 19.4. The van der Waals surface area contributed by atoms with Crippen molar-refractivity contribution in [3.8, 4) is 0 Å². The van der Waals surface area contributed by atoms with Gasteiger partial charge in [-0.1, -0.05) is 66.2 Å². The van der Waals surface area contributed by atoms with E-state index >= 15 is 0 Å². The molecule has 0 aromatic rings. The van der Waals surface area contributed by atoms with Gasteiger partial charge in [0.1, 0.15) is 24.0 Å². The first kappa shape index (κ1) is 58.5. The summed E-state index contributed by atoms with van der Waals surface area (Å²) in [5, 5.41) is -0.240. The Bertz CT molecular complexity index is 1810. The van der Waals surface area contributed by atoms with E-state index in [1.165, 1.54) is 21.1 Å². The van der Waals surface area contributed by atoms with Crippen LogP contribution in [0.5, 0.6) is 0 Å². The third-order valence-electron chi connectivity index (χ3n) is 14.9. The lowest BCUT2D eigenvalue weighted by molar-refractivity contribution is -0.165. The Morgan fingerprint density at radius 3 is 2.09 bits per heavy atom. The molecule has 1 saturated heterocycles. The van der Waals surface area contributed by atoms with Crippen molar-refractivity contribution >= 4 is 50.1 Å². The number of hydrogen-bond donors (Lipinski definition) is 1. The summed E-state index contributed by atoms with van der Waals surface area (Å²) >= 11 is 0. The lowest BCUT2D eigenvalue weighted by Crippen LogP contribution is -2.54. The summed E-state index contributed by atoms with van der Waals surface area (Å²) in [6.45, 7) is 22.4. The van der Waals surface area contributed by atoms with Gasteiger partial charge in [-0.2, -0.15) is 0 Å². The molecule has 17 heteroatoms. The lowest BCUT2D eigenvalue weighted by Gasteiger charge is -2.43. The van der Waals surface area contributed by atoms with Crippen LogP contribution in [-0.2, 0) is 61.6 Å². The van der Waals surface area contributed by atoms with E-state index in [0.717, 1.165) is 10.5 Å². The summed E-state index contributed by atoms with van der Waals surface area (Å²) in [5.74, 6) is -6.31. The van der Waals surface area contributed by atoms with Gasteiger partial charge in [0.2, 0.25) is 5.78 Å². The highest BCUT2D eigenvalue weighted by molar-refractivity contribution is 6.74. The van der Waals surface area contributed by atoms with Crippen LogP contribution in [0.25, 0.3) is 0 Å². The van der Waals surface area contributed by atoms with Gasteiger partial charge in [0.15, 0.2) is 14.4 Å². The number of primary amides is 1. The smallest absolute Gasteiger partial charge is 0.404 e. The highest BCUT2D eigenvalue weighted by Gasteiger charge is 2.46. The number of allylic oxidation sites excluding steroid dienone is 3. The van der Waals surface area contributed by atoms with Crippen LogP contribution in [-0.4, -0.2) is 132 Å². The van der Waals surface area contributed by atoms with Gasteiger partial charge in [-0.15, -0.1) is 0 Å². The number of ether oxygens (including phenoxy) is 6. The number of cyclic esters (lactones) is 1. The number of carbonyl (C=O) groups excluding carboxylic acids is 7. The Hall–Kier alpha value is -3.77. The monoisotopic (exact) mass is 977 g/mol. The average Bonchev–Trinajstić information content (AvgIpc) is 3.28. The van der Waals surface area contributed by atoms with Crippen molar-refractivity contribution in [1.82, 2.24) is 4.90 Å². The quantitative estimate of drug-likeness (QED) is 0.0527. The minimum absolute atomic E-state index is 0.0226. The van der Waals surface area contributed by atoms with E-state index < -0.39 is 98.3 Å². The fourth-order valence-corrected chi connectivity index (χ4v) is 11.4. The topological polar surface area (TPSA) is 213 Å². The summed E-state index contributed by atoms with van der Waals surface area (Å²) < 4.78 is 42.1. The molecule has 3 aliphatic rings. The van der Waals surface area contributed by atoms with Crippen LogP contribution in [0.3, 0.4) is 0 Å². The van der Waals surface area contributed by atoms with Gasteiger partial charge in [-0.05, 0) is 114 Å². The molecule has 0 spiro atoms. The van der Waals surface area contributed by atoms with Crippen LogP contribution >= 0.6 is 0 Å². The molecule has 1 aliphatic carbocycles. The minimum atomic E-state index is -2.59. The summed E-state index contributed by atoms with van der Waals surface area (Å²) in [4.78, 5) is 96.1. The van der Waals surface area contributed by atoms with Crippen molar-refractivity contribution in [3.05, 3.63) is 23.3 Å². The maximum atomic E-state index is 14.7. The number of methoxy groups -OCH3 is 3. The van der Waals surface area contributed by atoms with Gasteiger partial charge in [-0.25, -0.2) is 9.59 Å². The summed E-state index contributed by atoms with van der Waals surface area (Å²) in [6, 6.07) is -1.18. The van der Waals surface area contributed by atoms with Gasteiger partial charge in [-0.3, -0.25) is 24.0 Å². The summed E-state index contributed by atoms with van der Waals surface area (Å²) in [6.07, 6.45) is 2.26. The number of ketones is 3. The van der Waals surface area contributed by atoms with Crippen molar-refractivity contribution in [2.45, 2.75) is 200 Å². The first-order valence-corrected chi connectivity index (χ1v) is 27.5. The Morgan fingerprint density at radius 1 is 0.882 bits per heavy atom. The first-order valence-electron chi connectivity index (χ1n) is 24.6. The number of rotatable bonds is 11. The molecule has 386 valence electrons. The minimum Gasteiger partial charge on any atom is -0.462 e. The predicted octanol–water partition coefficient (Wildman–Crippen LogP) is 7.63. The number of hydrogen-bond acceptors (Lipinski definition) is 14. The largest absolute Gasteiger partial charge is 0.462 e. The second-order valence-corrected chi connectivity index (χ2v) is 26.0. The van der Waals surface area contributed by atoms with E-state index in [0.29, 0.717) is 63.4 Å². The van der Waals surface area contributed by atoms with E-state index in [2.05, 4.69) is 39.9 Å². The number of nitrogens with two attached hydrogens (primary N) is 1. The van der Waals surface area contributed by atoms with Crippen LogP contribution in [0.15, 0.2) is 23.3 Å². The molecule has 2 N–H and O–H groups in total. The fraction of sp³-hybridized carbons (Fsp3) is 0.784. The fourth-order valence-electron chi connectivity index (χ4n) is 9.95. The molecule has 3 unspecified atom stereocenters. The van der Waals surface area contributed by atoms with E-state index in [9.17, 15) is 33.6 Å². The standard InChI is InChI=1S/C51H84N2O14Si/c1-15-36-23-30(2)22-31(3)24-42(62-11)47(66-50(52)60)43(63-12)26-32(4)44(56)45(57)48(58)53-21-17-16-18-37(53)49(59)65-46(33(5)25-35-19-20-39(64-29-54)41(27-35)61-10)34(6)40(28-38(36)55)67-68(13,14)51(7,8)9/h23,25,29,31-32,34-37,39-43,46-47H,15-22,24,26-28H2,1-14H3,(H2,52,60)/b30-23+,33-25+/t31-,32+,34+,35?,36+,37-,39+,40?,41+,42-,43-,46+,47?/m0/s1. The molecule has 0 radical (unpaired) electrons. The Labute approximate surface area is 406 Å². The van der Waals surface area contributed by atoms with E-state index in [1.807, 2.05) is 40.7 Å². The van der Waals surface area contributed by atoms with E-state index in [1.54, 1.807) is 7.11 Å². The third kappa shape index (κ3) is 15.9. The SMILES string of the molecule is CC[C@@H]1/C=C(\C)C[C@H](C)C[C@H](OC)C(OC(N)=O)[C@@H](OC)C[C@@H](C)C(=O)C(=O)C(=O)N2CCCC[C@H]2C(=O)O[C@H](/C(C)=C/C2CC[C@@H](OC=O)[C@H](OC)C2)[C@H](C)C(O[Si](C)(C)C(C)(C)C)CC1=O. The van der Waals surface area contributed by atoms with E-state index in [-0.39, 0.29) is 54.6 Å². The van der Waals surface area contributed by atoms with Crippen LogP contribution in [0.2, 0.25) is 18.1 Å². The number of Topliss-reactive ketones (excluding diaryl/α,β-unsaturated/α-hetero) is 3. The number of carbonyl (C=O) groups is 7. The highest BCUT2D eigenvalue weighted by atomic mass is 28.4. The molecule has 16 nitrogen and oxygen atoms in total. The zero-order chi connectivity index (χ0) is 51.3. The van der Waals surface area contributed by atoms with Crippen LogP contribution < -0.4 is 5.73 Å². The van der Waals surface area contributed by atoms with Crippen molar-refractivity contribution in [2.24, 2.45) is 35.3 Å². The first-order chi connectivity index (χ1) is 31.8. The Morgan fingerprint density at radius 2 is 1.51 bits per heavy atom. The molecule has 0 bridgehead atoms.